The molecule has 20 heavy (non-hydrogen) atoms. The van der Waals surface area contributed by atoms with Crippen LogP contribution in [0.25, 0.3) is 0 Å². The maximum absolute atomic E-state index is 10.9. The maximum atomic E-state index is 10.9. The lowest BCUT2D eigenvalue weighted by Crippen LogP contribution is -2.44. The van der Waals surface area contributed by atoms with Crippen LogP contribution in [0.4, 0.5) is 0 Å². The predicted molar refractivity (Wildman–Crippen MR) is 96.3 cm³/mol. The minimum absolute atomic E-state index is 0. The van der Waals surface area contributed by atoms with Crippen LogP contribution in [-0.2, 0) is 10.0 Å². The minimum atomic E-state index is -3.12. The number of aliphatic imine (C=N–C) groups is 1. The topological polar surface area (TPSA) is 82.6 Å². The number of guanidine groups is 1. The smallest absolute Gasteiger partial charge is 0.208 e. The molecular formula is C12H29IN4O2S. The number of sulfonamides is 1. The van der Waals surface area contributed by atoms with Crippen LogP contribution in [-0.4, -0.2) is 46.8 Å². The van der Waals surface area contributed by atoms with Crippen molar-refractivity contribution in [3.8, 4) is 0 Å². The highest BCUT2D eigenvalue weighted by atomic mass is 127. The zero-order valence-electron chi connectivity index (χ0n) is 13.1. The van der Waals surface area contributed by atoms with Gasteiger partial charge >= 0.3 is 0 Å². The van der Waals surface area contributed by atoms with Crippen LogP contribution in [0, 0.1) is 5.92 Å². The summed E-state index contributed by atoms with van der Waals surface area (Å²) in [5.74, 6) is 1.39. The molecule has 1 atom stereocenters. The van der Waals surface area contributed by atoms with Crippen LogP contribution < -0.4 is 15.4 Å². The number of hydrogen-bond acceptors (Lipinski definition) is 3. The van der Waals surface area contributed by atoms with Crippen molar-refractivity contribution in [3.63, 3.8) is 0 Å². The largest absolute Gasteiger partial charge is 0.355 e. The summed E-state index contributed by atoms with van der Waals surface area (Å²) in [6.07, 6.45) is 3.40. The summed E-state index contributed by atoms with van der Waals surface area (Å²) in [6, 6.07) is 0.344. The lowest BCUT2D eigenvalue weighted by atomic mass is 10.0. The van der Waals surface area contributed by atoms with E-state index in [4.69, 9.17) is 0 Å². The van der Waals surface area contributed by atoms with Crippen LogP contribution in [0.15, 0.2) is 4.99 Å². The van der Waals surface area contributed by atoms with E-state index in [0.717, 1.165) is 12.7 Å². The lowest BCUT2D eigenvalue weighted by molar-refractivity contribution is 0.489. The molecule has 0 spiro atoms. The number of nitrogens with one attached hydrogen (secondary N) is 3. The second kappa shape index (κ2) is 11.6. The molecule has 0 bridgehead atoms. The van der Waals surface area contributed by atoms with Crippen molar-refractivity contribution in [2.24, 2.45) is 10.9 Å². The van der Waals surface area contributed by atoms with Gasteiger partial charge in [-0.1, -0.05) is 13.8 Å². The van der Waals surface area contributed by atoms with Crippen LogP contribution in [0.1, 0.15) is 33.6 Å². The average molecular weight is 420 g/mol. The fourth-order valence-electron chi connectivity index (χ4n) is 1.50. The van der Waals surface area contributed by atoms with E-state index in [9.17, 15) is 8.42 Å². The van der Waals surface area contributed by atoms with Gasteiger partial charge in [-0.2, -0.15) is 0 Å². The van der Waals surface area contributed by atoms with Gasteiger partial charge in [0.15, 0.2) is 5.96 Å². The Morgan fingerprint density at radius 3 is 2.20 bits per heavy atom. The Labute approximate surface area is 140 Å². The second-order valence-corrected chi connectivity index (χ2v) is 7.02. The lowest BCUT2D eigenvalue weighted by Gasteiger charge is -2.18. The molecule has 0 saturated heterocycles. The maximum Gasteiger partial charge on any atom is 0.208 e. The molecule has 0 aromatic heterocycles. The fraction of sp³-hybridized carbons (Fsp3) is 0.917. The molecule has 3 N–H and O–H groups in total. The van der Waals surface area contributed by atoms with Gasteiger partial charge in [-0.05, 0) is 25.7 Å². The molecule has 0 amide bonds. The van der Waals surface area contributed by atoms with Crippen molar-refractivity contribution >= 4 is 40.0 Å². The molecule has 122 valence electrons. The zero-order chi connectivity index (χ0) is 14.9. The number of nitrogens with zero attached hydrogens (tertiary/aromatic N) is 1. The van der Waals surface area contributed by atoms with E-state index in [-0.39, 0.29) is 24.0 Å². The average Bonchev–Trinajstić information content (AvgIpc) is 2.29. The minimum Gasteiger partial charge on any atom is -0.355 e. The van der Waals surface area contributed by atoms with Crippen molar-refractivity contribution in [2.45, 2.75) is 39.7 Å². The van der Waals surface area contributed by atoms with E-state index in [0.29, 0.717) is 31.0 Å². The SMILES string of the molecule is CN=C(NCCNS(C)(=O)=O)NC(C)CCC(C)C.I. The third-order valence-electron chi connectivity index (χ3n) is 2.57. The Morgan fingerprint density at radius 2 is 1.75 bits per heavy atom. The molecule has 0 radical (unpaired) electrons. The number of halogens is 1. The van der Waals surface area contributed by atoms with Crippen LogP contribution in [0.2, 0.25) is 0 Å². The van der Waals surface area contributed by atoms with Crippen molar-refractivity contribution < 1.29 is 8.42 Å². The standard InChI is InChI=1S/C12H28N4O2S.HI/c1-10(2)6-7-11(3)16-12(13-4)14-8-9-15-19(5,17)18;/h10-11,15H,6-9H2,1-5H3,(H2,13,14,16);1H. The van der Waals surface area contributed by atoms with Gasteiger partial charge < -0.3 is 10.6 Å². The quantitative estimate of drug-likeness (QED) is 0.238. The molecule has 0 rings (SSSR count). The Hall–Kier alpha value is -0.0900. The van der Waals surface area contributed by atoms with Gasteiger partial charge in [0.1, 0.15) is 0 Å². The number of rotatable bonds is 8. The zero-order valence-corrected chi connectivity index (χ0v) is 16.2. The fourth-order valence-corrected chi connectivity index (χ4v) is 1.97. The van der Waals surface area contributed by atoms with E-state index in [1.165, 1.54) is 6.42 Å². The Kier molecular flexibility index (Phi) is 12.8. The van der Waals surface area contributed by atoms with Gasteiger partial charge in [0.25, 0.3) is 0 Å². The predicted octanol–water partition coefficient (Wildman–Crippen LogP) is 1.14. The summed E-state index contributed by atoms with van der Waals surface area (Å²) in [6.45, 7) is 7.38. The third-order valence-corrected chi connectivity index (χ3v) is 3.29. The van der Waals surface area contributed by atoms with E-state index >= 15 is 0 Å². The van der Waals surface area contributed by atoms with Gasteiger partial charge in [-0.15, -0.1) is 24.0 Å². The molecule has 0 aromatic rings. The second-order valence-electron chi connectivity index (χ2n) is 5.18. The van der Waals surface area contributed by atoms with Crippen molar-refractivity contribution in [1.29, 1.82) is 0 Å². The summed E-state index contributed by atoms with van der Waals surface area (Å²) in [5, 5.41) is 6.35. The van der Waals surface area contributed by atoms with Gasteiger partial charge in [0.2, 0.25) is 10.0 Å². The van der Waals surface area contributed by atoms with Gasteiger partial charge in [-0.25, -0.2) is 13.1 Å². The van der Waals surface area contributed by atoms with E-state index < -0.39 is 10.0 Å². The molecule has 0 aliphatic rings. The molecule has 0 aromatic carbocycles. The third kappa shape index (κ3) is 14.3. The summed E-state index contributed by atoms with van der Waals surface area (Å²) in [5.41, 5.74) is 0. The molecule has 6 nitrogen and oxygen atoms in total. The first kappa shape index (κ1) is 22.2. The highest BCUT2D eigenvalue weighted by molar-refractivity contribution is 14.0. The molecule has 1 unspecified atom stereocenters. The van der Waals surface area contributed by atoms with Gasteiger partial charge in [0, 0.05) is 26.2 Å². The van der Waals surface area contributed by atoms with Gasteiger partial charge in [-0.3, -0.25) is 4.99 Å². The van der Waals surface area contributed by atoms with E-state index in [1.807, 2.05) is 0 Å². The Bertz CT molecular complexity index is 372. The van der Waals surface area contributed by atoms with Gasteiger partial charge in [0.05, 0.1) is 6.26 Å². The highest BCUT2D eigenvalue weighted by Crippen LogP contribution is 2.05. The van der Waals surface area contributed by atoms with E-state index in [2.05, 4.69) is 41.1 Å². The summed E-state index contributed by atoms with van der Waals surface area (Å²) < 4.78 is 24.2. The molecule has 8 heteroatoms. The monoisotopic (exact) mass is 420 g/mol. The summed E-state index contributed by atoms with van der Waals surface area (Å²) in [4.78, 5) is 4.11. The van der Waals surface area contributed by atoms with Crippen molar-refractivity contribution in [1.82, 2.24) is 15.4 Å². The van der Waals surface area contributed by atoms with E-state index in [1.54, 1.807) is 7.05 Å². The summed E-state index contributed by atoms with van der Waals surface area (Å²) in [7, 11) is -1.42. The highest BCUT2D eigenvalue weighted by Gasteiger charge is 2.06. The normalized spacial score (nSPS) is 13.8. The molecular weight excluding hydrogens is 391 g/mol. The molecule has 0 aliphatic heterocycles. The molecule has 0 aliphatic carbocycles. The van der Waals surface area contributed by atoms with Crippen molar-refractivity contribution in [3.05, 3.63) is 0 Å². The molecule has 0 saturated carbocycles. The molecule has 0 heterocycles. The molecule has 0 fully saturated rings. The number of hydrogen-bond donors (Lipinski definition) is 3. The van der Waals surface area contributed by atoms with Crippen LogP contribution >= 0.6 is 24.0 Å². The Morgan fingerprint density at radius 1 is 1.15 bits per heavy atom. The first-order valence-corrected chi connectivity index (χ1v) is 8.55. The Balaban J connectivity index is 0. The van der Waals surface area contributed by atoms with Crippen LogP contribution in [0.3, 0.4) is 0 Å². The first-order valence-electron chi connectivity index (χ1n) is 6.66. The van der Waals surface area contributed by atoms with Crippen LogP contribution in [0.5, 0.6) is 0 Å². The first-order chi connectivity index (χ1) is 8.74. The summed E-state index contributed by atoms with van der Waals surface area (Å²) >= 11 is 0. The van der Waals surface area contributed by atoms with Crippen molar-refractivity contribution in [2.75, 3.05) is 26.4 Å².